The number of carbonyl (C=O) groups is 2. The van der Waals surface area contributed by atoms with E-state index in [0.717, 1.165) is 11.3 Å². The van der Waals surface area contributed by atoms with Crippen LogP contribution in [0.15, 0.2) is 48.5 Å². The van der Waals surface area contributed by atoms with Gasteiger partial charge in [-0.25, -0.2) is 4.79 Å². The van der Waals surface area contributed by atoms with Crippen LogP contribution in [-0.2, 0) is 11.3 Å². The van der Waals surface area contributed by atoms with Gasteiger partial charge in [-0.05, 0) is 29.3 Å². The third-order valence-corrected chi connectivity index (χ3v) is 3.98. The standard InChI is InChI=1S/C18H20ClN3O3/c1-25-13-8-6-12(7-9-13)11-21-17(23)10-16(22-18(20)24)14-4-2-3-5-15(14)19/h2-9,16H,10-11H2,1H3,(H,21,23)(H3,20,22,24)/t16-/m1/s1. The van der Waals surface area contributed by atoms with E-state index in [9.17, 15) is 9.59 Å². The number of benzene rings is 2. The third-order valence-electron chi connectivity index (χ3n) is 3.64. The molecule has 0 aliphatic heterocycles. The summed E-state index contributed by atoms with van der Waals surface area (Å²) in [6, 6.07) is 13.1. The maximum atomic E-state index is 12.2. The monoisotopic (exact) mass is 361 g/mol. The van der Waals surface area contributed by atoms with Gasteiger partial charge in [0.2, 0.25) is 5.91 Å². The summed E-state index contributed by atoms with van der Waals surface area (Å²) < 4.78 is 5.09. The first-order chi connectivity index (χ1) is 12.0. The summed E-state index contributed by atoms with van der Waals surface area (Å²) in [4.78, 5) is 23.5. The lowest BCUT2D eigenvalue weighted by molar-refractivity contribution is -0.121. The molecule has 0 fully saturated rings. The van der Waals surface area contributed by atoms with E-state index in [1.54, 1.807) is 31.4 Å². The van der Waals surface area contributed by atoms with Crippen molar-refractivity contribution >= 4 is 23.5 Å². The molecule has 0 saturated heterocycles. The van der Waals surface area contributed by atoms with Crippen LogP contribution >= 0.6 is 11.6 Å². The molecule has 1 atom stereocenters. The van der Waals surface area contributed by atoms with E-state index in [0.29, 0.717) is 17.1 Å². The summed E-state index contributed by atoms with van der Waals surface area (Å²) in [5.74, 6) is 0.522. The van der Waals surface area contributed by atoms with Crippen molar-refractivity contribution in [1.29, 1.82) is 0 Å². The van der Waals surface area contributed by atoms with Gasteiger partial charge >= 0.3 is 6.03 Å². The van der Waals surface area contributed by atoms with Crippen LogP contribution in [0.5, 0.6) is 5.75 Å². The topological polar surface area (TPSA) is 93.4 Å². The molecule has 0 radical (unpaired) electrons. The summed E-state index contributed by atoms with van der Waals surface area (Å²) in [5.41, 5.74) is 6.79. The predicted molar refractivity (Wildman–Crippen MR) is 96.4 cm³/mol. The molecule has 132 valence electrons. The molecule has 6 nitrogen and oxygen atoms in total. The van der Waals surface area contributed by atoms with Crippen LogP contribution in [-0.4, -0.2) is 19.0 Å². The molecule has 2 aromatic carbocycles. The smallest absolute Gasteiger partial charge is 0.312 e. The van der Waals surface area contributed by atoms with Gasteiger partial charge in [-0.15, -0.1) is 0 Å². The predicted octanol–water partition coefficient (Wildman–Crippen LogP) is 2.76. The Balaban J connectivity index is 1.99. The number of ether oxygens (including phenoxy) is 1. The van der Waals surface area contributed by atoms with Gasteiger partial charge in [0.05, 0.1) is 19.6 Å². The SMILES string of the molecule is COc1ccc(CNC(=O)C[C@@H](NC(N)=O)c2ccccc2Cl)cc1. The molecule has 4 N–H and O–H groups in total. The molecule has 2 rings (SSSR count). The Hall–Kier alpha value is -2.73. The van der Waals surface area contributed by atoms with Crippen LogP contribution in [0.25, 0.3) is 0 Å². The zero-order chi connectivity index (χ0) is 18.2. The van der Waals surface area contributed by atoms with Gasteiger partial charge in [0, 0.05) is 11.6 Å². The van der Waals surface area contributed by atoms with E-state index >= 15 is 0 Å². The Labute approximate surface area is 151 Å². The van der Waals surface area contributed by atoms with Crippen molar-refractivity contribution in [3.8, 4) is 5.75 Å². The number of carbonyl (C=O) groups excluding carboxylic acids is 2. The number of primary amides is 1. The van der Waals surface area contributed by atoms with E-state index in [-0.39, 0.29) is 12.3 Å². The first-order valence-corrected chi connectivity index (χ1v) is 8.07. The van der Waals surface area contributed by atoms with Crippen molar-refractivity contribution in [1.82, 2.24) is 10.6 Å². The van der Waals surface area contributed by atoms with Crippen molar-refractivity contribution in [3.05, 3.63) is 64.7 Å². The molecule has 0 aromatic heterocycles. The minimum atomic E-state index is -0.715. The maximum absolute atomic E-state index is 12.2. The first kappa shape index (κ1) is 18.6. The molecule has 0 bridgehead atoms. The van der Waals surface area contributed by atoms with Crippen LogP contribution in [0.1, 0.15) is 23.6 Å². The second kappa shape index (κ2) is 8.94. The Morgan fingerprint density at radius 3 is 2.44 bits per heavy atom. The fourth-order valence-corrected chi connectivity index (χ4v) is 2.64. The van der Waals surface area contributed by atoms with Crippen molar-refractivity contribution in [2.45, 2.75) is 19.0 Å². The number of urea groups is 1. The first-order valence-electron chi connectivity index (χ1n) is 7.69. The van der Waals surface area contributed by atoms with Crippen molar-refractivity contribution in [3.63, 3.8) is 0 Å². The quantitative estimate of drug-likeness (QED) is 0.707. The van der Waals surface area contributed by atoms with Crippen LogP contribution < -0.4 is 21.1 Å². The molecule has 3 amide bonds. The Morgan fingerprint density at radius 1 is 1.16 bits per heavy atom. The number of hydrogen-bond acceptors (Lipinski definition) is 3. The number of amides is 3. The largest absolute Gasteiger partial charge is 0.497 e. The molecule has 25 heavy (non-hydrogen) atoms. The second-order valence-corrected chi connectivity index (χ2v) is 5.82. The van der Waals surface area contributed by atoms with Gasteiger partial charge in [0.25, 0.3) is 0 Å². The summed E-state index contributed by atoms with van der Waals surface area (Å²) >= 11 is 6.15. The molecule has 0 unspecified atom stereocenters. The van der Waals surface area contributed by atoms with Gasteiger partial charge in [0.1, 0.15) is 5.75 Å². The zero-order valence-electron chi connectivity index (χ0n) is 13.8. The molecule has 0 spiro atoms. The van der Waals surface area contributed by atoms with E-state index in [4.69, 9.17) is 22.1 Å². The molecule has 0 aliphatic carbocycles. The summed E-state index contributed by atoms with van der Waals surface area (Å²) in [6.45, 7) is 0.370. The molecular formula is C18H20ClN3O3. The maximum Gasteiger partial charge on any atom is 0.312 e. The summed E-state index contributed by atoms with van der Waals surface area (Å²) in [5, 5.41) is 5.83. The number of nitrogens with two attached hydrogens (primary N) is 1. The van der Waals surface area contributed by atoms with E-state index < -0.39 is 12.1 Å². The highest BCUT2D eigenvalue weighted by Gasteiger charge is 2.19. The highest BCUT2D eigenvalue weighted by atomic mass is 35.5. The Bertz CT molecular complexity index is 735. The van der Waals surface area contributed by atoms with Crippen molar-refractivity contribution in [2.75, 3.05) is 7.11 Å². The zero-order valence-corrected chi connectivity index (χ0v) is 14.5. The number of rotatable bonds is 7. The van der Waals surface area contributed by atoms with Gasteiger partial charge in [-0.3, -0.25) is 4.79 Å². The van der Waals surface area contributed by atoms with E-state index in [2.05, 4.69) is 10.6 Å². The number of nitrogens with one attached hydrogen (secondary N) is 2. The highest BCUT2D eigenvalue weighted by Crippen LogP contribution is 2.25. The normalized spacial score (nSPS) is 11.4. The highest BCUT2D eigenvalue weighted by molar-refractivity contribution is 6.31. The number of methoxy groups -OCH3 is 1. The molecule has 0 heterocycles. The van der Waals surface area contributed by atoms with Crippen molar-refractivity contribution < 1.29 is 14.3 Å². The molecule has 7 heteroatoms. The van der Waals surface area contributed by atoms with Crippen LogP contribution in [0.2, 0.25) is 5.02 Å². The van der Waals surface area contributed by atoms with E-state index in [1.807, 2.05) is 24.3 Å². The van der Waals surface area contributed by atoms with Gasteiger partial charge in [0.15, 0.2) is 0 Å². The van der Waals surface area contributed by atoms with Crippen LogP contribution in [0, 0.1) is 0 Å². The van der Waals surface area contributed by atoms with Crippen molar-refractivity contribution in [2.24, 2.45) is 5.73 Å². The molecule has 0 aliphatic rings. The lowest BCUT2D eigenvalue weighted by atomic mass is 10.0. The minimum Gasteiger partial charge on any atom is -0.497 e. The fourth-order valence-electron chi connectivity index (χ4n) is 2.37. The van der Waals surface area contributed by atoms with Gasteiger partial charge in [-0.2, -0.15) is 0 Å². The Kier molecular flexibility index (Phi) is 6.65. The number of hydrogen-bond donors (Lipinski definition) is 3. The molecule has 0 saturated carbocycles. The van der Waals surface area contributed by atoms with Crippen LogP contribution in [0.4, 0.5) is 4.79 Å². The van der Waals surface area contributed by atoms with Gasteiger partial charge in [-0.1, -0.05) is 41.9 Å². The fraction of sp³-hybridized carbons (Fsp3) is 0.222. The third kappa shape index (κ3) is 5.69. The summed E-state index contributed by atoms with van der Waals surface area (Å²) in [6.07, 6.45) is 0.0306. The molecular weight excluding hydrogens is 342 g/mol. The van der Waals surface area contributed by atoms with Gasteiger partial charge < -0.3 is 21.1 Å². The minimum absolute atomic E-state index is 0.0306. The summed E-state index contributed by atoms with van der Waals surface area (Å²) in [7, 11) is 1.59. The lowest BCUT2D eigenvalue weighted by Crippen LogP contribution is -2.36. The van der Waals surface area contributed by atoms with Crippen LogP contribution in [0.3, 0.4) is 0 Å². The lowest BCUT2D eigenvalue weighted by Gasteiger charge is -2.19. The Morgan fingerprint density at radius 2 is 1.84 bits per heavy atom. The number of halogens is 1. The average molecular weight is 362 g/mol. The second-order valence-electron chi connectivity index (χ2n) is 5.41. The van der Waals surface area contributed by atoms with E-state index in [1.165, 1.54) is 0 Å². The molecule has 2 aromatic rings. The average Bonchev–Trinajstić information content (AvgIpc) is 2.60.